The molecule has 0 saturated carbocycles. The summed E-state index contributed by atoms with van der Waals surface area (Å²) in [6, 6.07) is 1.96. The second-order valence-corrected chi connectivity index (χ2v) is 3.88. The Bertz CT molecular complexity index is 281. The maximum absolute atomic E-state index is 5.50. The van der Waals surface area contributed by atoms with E-state index in [2.05, 4.69) is 15.5 Å². The fraction of sp³-hybridized carbons (Fsp3) is 0.700. The van der Waals surface area contributed by atoms with E-state index in [4.69, 9.17) is 9.47 Å². The number of nitrogens with zero attached hydrogens (tertiary/aromatic N) is 1. The predicted octanol–water partition coefficient (Wildman–Crippen LogP) is 0.305. The van der Waals surface area contributed by atoms with E-state index >= 15 is 0 Å². The number of hydrogen-bond donors (Lipinski definition) is 2. The van der Waals surface area contributed by atoms with Crippen LogP contribution in [0.3, 0.4) is 0 Å². The molecular weight excluding hydrogens is 194 g/mol. The maximum Gasteiger partial charge on any atom is 0.106 e. The lowest BCUT2D eigenvalue weighted by Crippen LogP contribution is -2.42. The van der Waals surface area contributed by atoms with Crippen LogP contribution in [0.4, 0.5) is 0 Å². The third-order valence-electron chi connectivity index (χ3n) is 2.82. The highest BCUT2D eigenvalue weighted by atomic mass is 16.5. The molecule has 5 nitrogen and oxygen atoms in total. The van der Waals surface area contributed by atoms with E-state index in [0.29, 0.717) is 6.61 Å². The minimum Gasteiger partial charge on any atom is -0.378 e. The van der Waals surface area contributed by atoms with Crippen molar-refractivity contribution >= 4 is 0 Å². The molecule has 0 bridgehead atoms. The lowest BCUT2D eigenvalue weighted by atomic mass is 10.0. The van der Waals surface area contributed by atoms with E-state index < -0.39 is 0 Å². The van der Waals surface area contributed by atoms with Gasteiger partial charge in [0.1, 0.15) is 5.60 Å². The van der Waals surface area contributed by atoms with Crippen molar-refractivity contribution in [3.8, 4) is 0 Å². The molecule has 2 rings (SSSR count). The Labute approximate surface area is 89.2 Å². The number of aromatic amines is 1. The van der Waals surface area contributed by atoms with Crippen LogP contribution in [0.1, 0.15) is 12.1 Å². The van der Waals surface area contributed by atoms with Crippen LogP contribution in [0.15, 0.2) is 12.3 Å². The summed E-state index contributed by atoms with van der Waals surface area (Å²) >= 11 is 0. The first-order valence-corrected chi connectivity index (χ1v) is 5.16. The van der Waals surface area contributed by atoms with Crippen LogP contribution in [-0.2, 0) is 16.0 Å². The van der Waals surface area contributed by atoms with Gasteiger partial charge in [0.05, 0.1) is 6.61 Å². The van der Waals surface area contributed by atoms with Gasteiger partial charge in [-0.15, -0.1) is 0 Å². The minimum atomic E-state index is -0.139. The van der Waals surface area contributed by atoms with Crippen molar-refractivity contribution in [2.24, 2.45) is 0 Å². The van der Waals surface area contributed by atoms with Gasteiger partial charge in [0.15, 0.2) is 0 Å². The largest absolute Gasteiger partial charge is 0.378 e. The first kappa shape index (κ1) is 10.6. The van der Waals surface area contributed by atoms with Crippen LogP contribution in [-0.4, -0.2) is 42.7 Å². The molecule has 0 spiro atoms. The van der Waals surface area contributed by atoms with Gasteiger partial charge in [0.25, 0.3) is 0 Å². The van der Waals surface area contributed by atoms with E-state index in [9.17, 15) is 0 Å². The number of nitrogens with one attached hydrogen (secondary N) is 2. The Hall–Kier alpha value is -0.910. The third-order valence-corrected chi connectivity index (χ3v) is 2.82. The summed E-state index contributed by atoms with van der Waals surface area (Å²) in [4.78, 5) is 0. The van der Waals surface area contributed by atoms with Crippen LogP contribution < -0.4 is 5.32 Å². The fourth-order valence-electron chi connectivity index (χ4n) is 1.77. The van der Waals surface area contributed by atoms with Gasteiger partial charge in [-0.3, -0.25) is 5.10 Å². The Kier molecular flexibility index (Phi) is 3.35. The van der Waals surface area contributed by atoms with Crippen molar-refractivity contribution < 1.29 is 9.47 Å². The van der Waals surface area contributed by atoms with Gasteiger partial charge in [-0.25, -0.2) is 0 Å². The molecule has 2 heterocycles. The molecule has 0 aliphatic carbocycles. The molecule has 15 heavy (non-hydrogen) atoms. The van der Waals surface area contributed by atoms with E-state index in [-0.39, 0.29) is 5.60 Å². The molecule has 1 saturated heterocycles. The summed E-state index contributed by atoms with van der Waals surface area (Å²) in [5.74, 6) is 0. The van der Waals surface area contributed by atoms with Gasteiger partial charge in [-0.05, 0) is 6.07 Å². The summed E-state index contributed by atoms with van der Waals surface area (Å²) in [5.41, 5.74) is 0.945. The van der Waals surface area contributed by atoms with Gasteiger partial charge in [-0.2, -0.15) is 5.10 Å². The Morgan fingerprint density at radius 1 is 1.73 bits per heavy atom. The van der Waals surface area contributed by atoms with Crippen LogP contribution in [0.5, 0.6) is 0 Å². The average Bonchev–Trinajstić information content (AvgIpc) is 2.89. The minimum absolute atomic E-state index is 0.139. The second-order valence-electron chi connectivity index (χ2n) is 3.88. The summed E-state index contributed by atoms with van der Waals surface area (Å²) in [5, 5.41) is 10.1. The molecule has 0 aromatic carbocycles. The first-order chi connectivity index (χ1) is 7.35. The van der Waals surface area contributed by atoms with Crippen molar-refractivity contribution in [3.63, 3.8) is 0 Å². The highest BCUT2D eigenvalue weighted by Crippen LogP contribution is 2.21. The van der Waals surface area contributed by atoms with Crippen molar-refractivity contribution in [3.05, 3.63) is 18.0 Å². The highest BCUT2D eigenvalue weighted by Gasteiger charge is 2.34. The van der Waals surface area contributed by atoms with Crippen LogP contribution in [0.2, 0.25) is 0 Å². The number of ether oxygens (including phenoxy) is 2. The maximum atomic E-state index is 5.50. The van der Waals surface area contributed by atoms with E-state index in [0.717, 1.165) is 31.8 Å². The summed E-state index contributed by atoms with van der Waals surface area (Å²) in [6.07, 6.45) is 2.71. The number of rotatable bonds is 5. The summed E-state index contributed by atoms with van der Waals surface area (Å²) in [6.45, 7) is 3.06. The van der Waals surface area contributed by atoms with Crippen LogP contribution in [0, 0.1) is 0 Å². The quantitative estimate of drug-likeness (QED) is 0.735. The molecule has 1 fully saturated rings. The van der Waals surface area contributed by atoms with Crippen molar-refractivity contribution in [2.45, 2.75) is 18.6 Å². The molecule has 2 N–H and O–H groups in total. The molecule has 0 radical (unpaired) electrons. The Morgan fingerprint density at radius 3 is 3.27 bits per heavy atom. The molecule has 84 valence electrons. The van der Waals surface area contributed by atoms with Crippen molar-refractivity contribution in [2.75, 3.05) is 26.9 Å². The lowest BCUT2D eigenvalue weighted by molar-refractivity contribution is -0.0159. The number of aromatic nitrogens is 2. The molecule has 1 aliphatic heterocycles. The number of methoxy groups -OCH3 is 1. The van der Waals surface area contributed by atoms with Gasteiger partial charge in [-0.1, -0.05) is 0 Å². The molecule has 1 unspecified atom stereocenters. The SMILES string of the molecule is COC1(CNCc2ccn[nH]2)CCOC1. The van der Waals surface area contributed by atoms with Gasteiger partial charge < -0.3 is 14.8 Å². The second kappa shape index (κ2) is 4.74. The number of hydrogen-bond acceptors (Lipinski definition) is 4. The highest BCUT2D eigenvalue weighted by molar-refractivity contribution is 4.97. The zero-order chi connectivity index (χ0) is 10.6. The van der Waals surface area contributed by atoms with Crippen LogP contribution in [0.25, 0.3) is 0 Å². The number of H-pyrrole nitrogens is 1. The molecule has 1 aromatic rings. The predicted molar refractivity (Wildman–Crippen MR) is 55.5 cm³/mol. The third kappa shape index (κ3) is 2.56. The molecule has 1 aliphatic rings. The van der Waals surface area contributed by atoms with Crippen molar-refractivity contribution in [1.29, 1.82) is 0 Å². The van der Waals surface area contributed by atoms with Crippen molar-refractivity contribution in [1.82, 2.24) is 15.5 Å². The lowest BCUT2D eigenvalue weighted by Gasteiger charge is -2.25. The fourth-order valence-corrected chi connectivity index (χ4v) is 1.77. The molecule has 5 heteroatoms. The molecule has 1 aromatic heterocycles. The van der Waals surface area contributed by atoms with E-state index in [1.54, 1.807) is 13.3 Å². The van der Waals surface area contributed by atoms with Gasteiger partial charge in [0, 0.05) is 45.1 Å². The normalized spacial score (nSPS) is 25.9. The summed E-state index contributed by atoms with van der Waals surface area (Å²) < 4.78 is 10.9. The molecule has 1 atom stereocenters. The Morgan fingerprint density at radius 2 is 2.67 bits per heavy atom. The van der Waals surface area contributed by atoms with Gasteiger partial charge >= 0.3 is 0 Å². The summed E-state index contributed by atoms with van der Waals surface area (Å²) in [7, 11) is 1.74. The monoisotopic (exact) mass is 211 g/mol. The Balaban J connectivity index is 1.77. The average molecular weight is 211 g/mol. The van der Waals surface area contributed by atoms with Gasteiger partial charge in [0.2, 0.25) is 0 Å². The topological polar surface area (TPSA) is 59.2 Å². The molecular formula is C10H17N3O2. The first-order valence-electron chi connectivity index (χ1n) is 5.16. The zero-order valence-corrected chi connectivity index (χ0v) is 8.95. The zero-order valence-electron chi connectivity index (χ0n) is 8.95. The van der Waals surface area contributed by atoms with E-state index in [1.165, 1.54) is 0 Å². The smallest absolute Gasteiger partial charge is 0.106 e. The molecule has 0 amide bonds. The standard InChI is InChI=1S/C10H17N3O2/c1-14-10(3-5-15-8-10)7-11-6-9-2-4-12-13-9/h2,4,11H,3,5-8H2,1H3,(H,12,13). The van der Waals surface area contributed by atoms with E-state index in [1.807, 2.05) is 6.07 Å². The van der Waals surface area contributed by atoms with Crippen LogP contribution >= 0.6 is 0 Å².